The van der Waals surface area contributed by atoms with Gasteiger partial charge in [-0.25, -0.2) is 12.8 Å². The third-order valence-corrected chi connectivity index (χ3v) is 6.69. The molecule has 1 unspecified atom stereocenters. The summed E-state index contributed by atoms with van der Waals surface area (Å²) in [5.41, 5.74) is 1.75. The molecule has 3 rings (SSSR count). The van der Waals surface area contributed by atoms with Crippen molar-refractivity contribution in [2.24, 2.45) is 0 Å². The lowest BCUT2D eigenvalue weighted by Gasteiger charge is -2.39. The number of rotatable bonds is 4. The minimum absolute atomic E-state index is 0.130. The van der Waals surface area contributed by atoms with Crippen molar-refractivity contribution in [1.82, 2.24) is 9.21 Å². The van der Waals surface area contributed by atoms with Crippen LogP contribution in [0.3, 0.4) is 0 Å². The van der Waals surface area contributed by atoms with E-state index in [0.717, 1.165) is 11.1 Å². The predicted molar refractivity (Wildman–Crippen MR) is 98.3 cm³/mol. The van der Waals surface area contributed by atoms with E-state index in [2.05, 4.69) is 4.90 Å². The van der Waals surface area contributed by atoms with Gasteiger partial charge in [0.2, 0.25) is 10.0 Å². The Morgan fingerprint density at radius 2 is 1.81 bits per heavy atom. The molecule has 0 saturated carbocycles. The molecule has 0 spiro atoms. The van der Waals surface area contributed by atoms with Gasteiger partial charge in [0.25, 0.3) is 0 Å². The molecule has 7 heteroatoms. The summed E-state index contributed by atoms with van der Waals surface area (Å²) in [6, 6.07) is 11.2. The van der Waals surface area contributed by atoms with Gasteiger partial charge in [0.1, 0.15) is 16.5 Å². The van der Waals surface area contributed by atoms with Crippen LogP contribution < -0.4 is 4.74 Å². The van der Waals surface area contributed by atoms with Gasteiger partial charge in [0.05, 0.1) is 7.11 Å². The Kier molecular flexibility index (Phi) is 5.32. The number of halogens is 1. The lowest BCUT2D eigenvalue weighted by Crippen LogP contribution is -2.48. The van der Waals surface area contributed by atoms with E-state index in [-0.39, 0.29) is 16.8 Å². The highest BCUT2D eigenvalue weighted by molar-refractivity contribution is 7.89. The fourth-order valence-corrected chi connectivity index (χ4v) is 4.91. The number of hydrogen-bond donors (Lipinski definition) is 0. The van der Waals surface area contributed by atoms with E-state index in [1.807, 2.05) is 20.0 Å². The van der Waals surface area contributed by atoms with Crippen LogP contribution >= 0.6 is 0 Å². The maximum absolute atomic E-state index is 13.2. The van der Waals surface area contributed by atoms with Crippen LogP contribution in [0.4, 0.5) is 4.39 Å². The van der Waals surface area contributed by atoms with Crippen LogP contribution in [0.25, 0.3) is 0 Å². The zero-order valence-electron chi connectivity index (χ0n) is 15.1. The second-order valence-corrected chi connectivity index (χ2v) is 8.47. The van der Waals surface area contributed by atoms with Crippen molar-refractivity contribution in [3.05, 3.63) is 59.4 Å². The maximum atomic E-state index is 13.2. The lowest BCUT2D eigenvalue weighted by atomic mass is 10.0. The Morgan fingerprint density at radius 3 is 2.46 bits per heavy atom. The Balaban J connectivity index is 1.93. The van der Waals surface area contributed by atoms with Crippen LogP contribution in [0, 0.1) is 12.7 Å². The average molecular weight is 378 g/mol. The number of hydrogen-bond acceptors (Lipinski definition) is 4. The summed E-state index contributed by atoms with van der Waals surface area (Å²) >= 11 is 0. The quantitative estimate of drug-likeness (QED) is 0.821. The Bertz CT molecular complexity index is 884. The minimum atomic E-state index is -3.69. The highest BCUT2D eigenvalue weighted by Crippen LogP contribution is 2.32. The topological polar surface area (TPSA) is 49.9 Å². The zero-order chi connectivity index (χ0) is 18.9. The molecule has 1 heterocycles. The molecule has 1 aliphatic heterocycles. The van der Waals surface area contributed by atoms with Gasteiger partial charge in [0.15, 0.2) is 0 Å². The predicted octanol–water partition coefficient (Wildman–Crippen LogP) is 2.82. The van der Waals surface area contributed by atoms with Crippen LogP contribution in [-0.2, 0) is 10.0 Å². The van der Waals surface area contributed by atoms with Gasteiger partial charge < -0.3 is 4.74 Å². The van der Waals surface area contributed by atoms with Crippen LogP contribution in [0.1, 0.15) is 17.2 Å². The van der Waals surface area contributed by atoms with Crippen molar-refractivity contribution in [2.75, 3.05) is 33.8 Å². The molecule has 140 valence electrons. The summed E-state index contributed by atoms with van der Waals surface area (Å²) in [5.74, 6) is 0.0362. The standard InChI is InChI=1S/C19H23FN2O3S/c1-14-4-9-18(25-3)19(12-14)26(23,24)22-11-10-21(2)17(13-22)15-5-7-16(20)8-6-15/h4-9,12,17H,10-11,13H2,1-3H3. The summed E-state index contributed by atoms with van der Waals surface area (Å²) in [5, 5.41) is 0. The summed E-state index contributed by atoms with van der Waals surface area (Å²) < 4.78 is 46.4. The number of piperazine rings is 1. The number of ether oxygens (including phenoxy) is 1. The van der Waals surface area contributed by atoms with Gasteiger partial charge in [0, 0.05) is 25.7 Å². The molecule has 1 saturated heterocycles. The molecule has 5 nitrogen and oxygen atoms in total. The molecule has 1 atom stereocenters. The first-order valence-corrected chi connectivity index (χ1v) is 9.87. The van der Waals surface area contributed by atoms with Gasteiger partial charge in [-0.3, -0.25) is 4.90 Å². The third-order valence-electron chi connectivity index (χ3n) is 4.80. The van der Waals surface area contributed by atoms with Crippen LogP contribution in [0.2, 0.25) is 0 Å². The zero-order valence-corrected chi connectivity index (χ0v) is 16.0. The molecule has 1 fully saturated rings. The summed E-state index contributed by atoms with van der Waals surface area (Å²) in [6.45, 7) is 3.15. The van der Waals surface area contributed by atoms with E-state index in [0.29, 0.717) is 25.4 Å². The number of methoxy groups -OCH3 is 1. The van der Waals surface area contributed by atoms with E-state index >= 15 is 0 Å². The maximum Gasteiger partial charge on any atom is 0.246 e. The largest absolute Gasteiger partial charge is 0.495 e. The molecule has 0 N–H and O–H groups in total. The van der Waals surface area contributed by atoms with Gasteiger partial charge >= 0.3 is 0 Å². The van der Waals surface area contributed by atoms with E-state index in [1.165, 1.54) is 23.5 Å². The number of nitrogens with zero attached hydrogens (tertiary/aromatic N) is 2. The molecule has 1 aliphatic rings. The summed E-state index contributed by atoms with van der Waals surface area (Å²) in [7, 11) is -0.275. The Labute approximate surface area is 154 Å². The second kappa shape index (κ2) is 7.34. The van der Waals surface area contributed by atoms with E-state index in [4.69, 9.17) is 4.74 Å². The third kappa shape index (κ3) is 3.60. The van der Waals surface area contributed by atoms with Crippen molar-refractivity contribution in [3.63, 3.8) is 0 Å². The SMILES string of the molecule is COc1ccc(C)cc1S(=O)(=O)N1CCN(C)C(c2ccc(F)cc2)C1. The molecule has 0 amide bonds. The highest BCUT2D eigenvalue weighted by atomic mass is 32.2. The molecule has 26 heavy (non-hydrogen) atoms. The monoisotopic (exact) mass is 378 g/mol. The molecule has 0 radical (unpaired) electrons. The van der Waals surface area contributed by atoms with Crippen LogP contribution in [0.5, 0.6) is 5.75 Å². The highest BCUT2D eigenvalue weighted by Gasteiger charge is 2.35. The van der Waals surface area contributed by atoms with Crippen molar-refractivity contribution in [1.29, 1.82) is 0 Å². The van der Waals surface area contributed by atoms with Crippen molar-refractivity contribution >= 4 is 10.0 Å². The second-order valence-electron chi connectivity index (χ2n) is 6.57. The number of aryl methyl sites for hydroxylation is 1. The van der Waals surface area contributed by atoms with Crippen molar-refractivity contribution in [2.45, 2.75) is 17.9 Å². The molecular weight excluding hydrogens is 355 g/mol. The van der Waals surface area contributed by atoms with Gasteiger partial charge in [-0.15, -0.1) is 0 Å². The molecule has 0 aromatic heterocycles. The molecular formula is C19H23FN2O3S. The van der Waals surface area contributed by atoms with Crippen LogP contribution in [0.15, 0.2) is 47.4 Å². The number of sulfonamides is 1. The molecule has 2 aromatic rings. The normalized spacial score (nSPS) is 19.5. The van der Waals surface area contributed by atoms with Crippen molar-refractivity contribution < 1.29 is 17.5 Å². The first kappa shape index (κ1) is 18.8. The minimum Gasteiger partial charge on any atom is -0.495 e. The van der Waals surface area contributed by atoms with Crippen LogP contribution in [-0.4, -0.2) is 51.4 Å². The first-order chi connectivity index (χ1) is 12.3. The van der Waals surface area contributed by atoms with Gasteiger partial charge in [-0.2, -0.15) is 4.31 Å². The summed E-state index contributed by atoms with van der Waals surface area (Å²) in [6.07, 6.45) is 0. The van der Waals surface area contributed by atoms with Gasteiger partial charge in [-0.1, -0.05) is 18.2 Å². The van der Waals surface area contributed by atoms with Crippen molar-refractivity contribution in [3.8, 4) is 5.75 Å². The fraction of sp³-hybridized carbons (Fsp3) is 0.368. The Hall–Kier alpha value is -1.96. The fourth-order valence-electron chi connectivity index (χ4n) is 3.24. The van der Waals surface area contributed by atoms with E-state index < -0.39 is 10.0 Å². The lowest BCUT2D eigenvalue weighted by molar-refractivity contribution is 0.148. The van der Waals surface area contributed by atoms with E-state index in [9.17, 15) is 12.8 Å². The molecule has 2 aromatic carbocycles. The first-order valence-electron chi connectivity index (χ1n) is 8.43. The van der Waals surface area contributed by atoms with E-state index in [1.54, 1.807) is 24.3 Å². The number of likely N-dealkylation sites (N-methyl/N-ethyl adjacent to an activating group) is 1. The van der Waals surface area contributed by atoms with Gasteiger partial charge in [-0.05, 0) is 49.4 Å². The summed E-state index contributed by atoms with van der Waals surface area (Å²) in [4.78, 5) is 2.27. The smallest absolute Gasteiger partial charge is 0.246 e. The molecule has 0 aliphatic carbocycles. The Morgan fingerprint density at radius 1 is 1.12 bits per heavy atom. The molecule has 0 bridgehead atoms. The number of benzene rings is 2. The average Bonchev–Trinajstić information content (AvgIpc) is 2.63.